The molecule has 6 nitrogen and oxygen atoms in total. The predicted molar refractivity (Wildman–Crippen MR) is 80.4 cm³/mol. The van der Waals surface area contributed by atoms with Gasteiger partial charge >= 0.3 is 5.97 Å². The largest absolute Gasteiger partial charge is 0.501 e. The molecule has 110 valence electrons. The van der Waals surface area contributed by atoms with Crippen LogP contribution >= 0.6 is 15.9 Å². The summed E-state index contributed by atoms with van der Waals surface area (Å²) in [4.78, 5) is 27.7. The Bertz CT molecular complexity index is 763. The fraction of sp³-hybridized carbons (Fsp3) is 0.214. The molecule has 0 fully saturated rings. The van der Waals surface area contributed by atoms with E-state index in [2.05, 4.69) is 25.7 Å². The summed E-state index contributed by atoms with van der Waals surface area (Å²) >= 11 is 3.37. The number of nitrogens with zero attached hydrogens (tertiary/aromatic N) is 2. The summed E-state index contributed by atoms with van der Waals surface area (Å²) in [6.45, 7) is 1.90. The number of methoxy groups -OCH3 is 1. The van der Waals surface area contributed by atoms with Crippen LogP contribution in [0.4, 0.5) is 0 Å². The molecule has 1 aromatic carbocycles. The number of rotatable bonds is 2. The van der Waals surface area contributed by atoms with Crippen LogP contribution in [0.5, 0.6) is 5.75 Å². The van der Waals surface area contributed by atoms with E-state index in [9.17, 15) is 14.7 Å². The molecule has 0 spiro atoms. The van der Waals surface area contributed by atoms with E-state index >= 15 is 0 Å². The Hall–Kier alpha value is -2.15. The van der Waals surface area contributed by atoms with Crippen LogP contribution in [0.2, 0.25) is 0 Å². The van der Waals surface area contributed by atoms with Crippen molar-refractivity contribution in [1.82, 2.24) is 9.55 Å². The van der Waals surface area contributed by atoms with Crippen molar-refractivity contribution in [2.24, 2.45) is 7.05 Å². The van der Waals surface area contributed by atoms with Crippen molar-refractivity contribution in [1.29, 1.82) is 0 Å². The highest BCUT2D eigenvalue weighted by Crippen LogP contribution is 2.24. The van der Waals surface area contributed by atoms with Crippen LogP contribution in [0.25, 0.3) is 11.4 Å². The Kier molecular flexibility index (Phi) is 4.13. The van der Waals surface area contributed by atoms with Gasteiger partial charge in [0.25, 0.3) is 5.56 Å². The van der Waals surface area contributed by atoms with E-state index in [-0.39, 0.29) is 5.82 Å². The Morgan fingerprint density at radius 1 is 1.38 bits per heavy atom. The number of ether oxygens (including phenoxy) is 1. The summed E-state index contributed by atoms with van der Waals surface area (Å²) in [5, 5.41) is 9.75. The van der Waals surface area contributed by atoms with Crippen molar-refractivity contribution in [3.05, 3.63) is 44.3 Å². The maximum Gasteiger partial charge on any atom is 0.360 e. The monoisotopic (exact) mass is 352 g/mol. The van der Waals surface area contributed by atoms with Gasteiger partial charge in [-0.1, -0.05) is 15.9 Å². The van der Waals surface area contributed by atoms with Crippen LogP contribution in [-0.4, -0.2) is 27.7 Å². The Balaban J connectivity index is 2.77. The first-order chi connectivity index (χ1) is 9.85. The van der Waals surface area contributed by atoms with E-state index < -0.39 is 23.0 Å². The second-order valence-corrected chi connectivity index (χ2v) is 5.42. The van der Waals surface area contributed by atoms with Crippen molar-refractivity contribution in [2.75, 3.05) is 7.11 Å². The SMILES string of the molecule is COC(=O)c1nc(-c2cc(C)cc(Br)c2)n(C)c(=O)c1O. The van der Waals surface area contributed by atoms with Gasteiger partial charge in [-0.15, -0.1) is 0 Å². The lowest BCUT2D eigenvalue weighted by Crippen LogP contribution is -2.23. The number of hydrogen-bond acceptors (Lipinski definition) is 5. The number of benzene rings is 1. The molecule has 0 aliphatic rings. The molecular weight excluding hydrogens is 340 g/mol. The standard InChI is InChI=1S/C14H13BrN2O4/c1-7-4-8(6-9(15)5-7)12-16-10(14(20)21-3)11(18)13(19)17(12)2/h4-6,18H,1-3H3. The number of hydrogen-bond donors (Lipinski definition) is 1. The highest BCUT2D eigenvalue weighted by molar-refractivity contribution is 9.10. The molecule has 1 N–H and O–H groups in total. The third kappa shape index (κ3) is 2.82. The summed E-state index contributed by atoms with van der Waals surface area (Å²) in [5.41, 5.74) is 0.499. The highest BCUT2D eigenvalue weighted by Gasteiger charge is 2.21. The van der Waals surface area contributed by atoms with Gasteiger partial charge in [-0.2, -0.15) is 0 Å². The van der Waals surface area contributed by atoms with E-state index in [0.29, 0.717) is 5.56 Å². The lowest BCUT2D eigenvalue weighted by atomic mass is 10.1. The van der Waals surface area contributed by atoms with E-state index in [1.54, 1.807) is 6.07 Å². The normalized spacial score (nSPS) is 10.5. The number of halogens is 1. The van der Waals surface area contributed by atoms with Crippen molar-refractivity contribution >= 4 is 21.9 Å². The van der Waals surface area contributed by atoms with Gasteiger partial charge in [0.05, 0.1) is 7.11 Å². The van der Waals surface area contributed by atoms with Crippen molar-refractivity contribution in [3.8, 4) is 17.1 Å². The fourth-order valence-corrected chi connectivity index (χ4v) is 2.56. The van der Waals surface area contributed by atoms with Crippen LogP contribution in [0.3, 0.4) is 0 Å². The Labute approximate surface area is 129 Å². The van der Waals surface area contributed by atoms with Gasteiger partial charge in [0.15, 0.2) is 5.69 Å². The zero-order valence-corrected chi connectivity index (χ0v) is 13.3. The molecule has 0 aliphatic heterocycles. The minimum absolute atomic E-state index is 0.266. The number of aromatic hydroxyl groups is 1. The third-order valence-electron chi connectivity index (χ3n) is 2.95. The van der Waals surface area contributed by atoms with Gasteiger partial charge in [0.2, 0.25) is 5.75 Å². The Morgan fingerprint density at radius 3 is 2.62 bits per heavy atom. The zero-order valence-electron chi connectivity index (χ0n) is 11.7. The van der Waals surface area contributed by atoms with Crippen LogP contribution in [0, 0.1) is 6.92 Å². The van der Waals surface area contributed by atoms with E-state index in [4.69, 9.17) is 0 Å². The van der Waals surface area contributed by atoms with Gasteiger partial charge in [0, 0.05) is 17.1 Å². The lowest BCUT2D eigenvalue weighted by molar-refractivity contribution is 0.0589. The first-order valence-electron chi connectivity index (χ1n) is 6.01. The van der Waals surface area contributed by atoms with E-state index in [0.717, 1.165) is 17.1 Å². The quantitative estimate of drug-likeness (QED) is 0.836. The molecule has 1 aromatic heterocycles. The fourth-order valence-electron chi connectivity index (χ4n) is 1.95. The molecule has 0 saturated heterocycles. The molecule has 0 radical (unpaired) electrons. The third-order valence-corrected chi connectivity index (χ3v) is 3.40. The maximum atomic E-state index is 12.0. The highest BCUT2D eigenvalue weighted by atomic mass is 79.9. The molecule has 0 bridgehead atoms. The molecule has 21 heavy (non-hydrogen) atoms. The van der Waals surface area contributed by atoms with Gasteiger partial charge in [-0.05, 0) is 30.7 Å². The zero-order chi connectivity index (χ0) is 15.7. The molecular formula is C14H13BrN2O4. The van der Waals surface area contributed by atoms with Gasteiger partial charge in [-0.25, -0.2) is 9.78 Å². The second kappa shape index (κ2) is 5.69. The van der Waals surface area contributed by atoms with Gasteiger partial charge in [0.1, 0.15) is 5.82 Å². The van der Waals surface area contributed by atoms with E-state index in [1.165, 1.54) is 11.6 Å². The van der Waals surface area contributed by atoms with Crippen LogP contribution in [0.15, 0.2) is 27.5 Å². The first-order valence-corrected chi connectivity index (χ1v) is 6.80. The van der Waals surface area contributed by atoms with Gasteiger partial charge in [-0.3, -0.25) is 9.36 Å². The first kappa shape index (κ1) is 15.2. The summed E-state index contributed by atoms with van der Waals surface area (Å²) < 4.78 is 6.53. The topological polar surface area (TPSA) is 81.4 Å². The summed E-state index contributed by atoms with van der Waals surface area (Å²) in [6.07, 6.45) is 0. The number of aromatic nitrogens is 2. The molecule has 0 saturated carbocycles. The smallest absolute Gasteiger partial charge is 0.360 e. The number of carbonyl (C=O) groups is 1. The summed E-state index contributed by atoms with van der Waals surface area (Å²) in [7, 11) is 2.63. The molecule has 0 amide bonds. The Morgan fingerprint density at radius 2 is 2.05 bits per heavy atom. The second-order valence-electron chi connectivity index (χ2n) is 4.51. The molecule has 2 aromatic rings. The minimum atomic E-state index is -0.863. The number of carbonyl (C=O) groups excluding carboxylic acids is 1. The summed E-state index contributed by atoms with van der Waals surface area (Å²) in [6, 6.07) is 5.50. The van der Waals surface area contributed by atoms with Gasteiger partial charge < -0.3 is 9.84 Å². The van der Waals surface area contributed by atoms with Crippen LogP contribution in [0.1, 0.15) is 16.1 Å². The average Bonchev–Trinajstić information content (AvgIpc) is 2.43. The molecule has 2 rings (SSSR count). The minimum Gasteiger partial charge on any atom is -0.501 e. The van der Waals surface area contributed by atoms with Crippen LogP contribution < -0.4 is 5.56 Å². The van der Waals surface area contributed by atoms with E-state index in [1.807, 2.05) is 19.1 Å². The maximum absolute atomic E-state index is 12.0. The van der Waals surface area contributed by atoms with Crippen molar-refractivity contribution in [2.45, 2.75) is 6.92 Å². The average molecular weight is 353 g/mol. The molecule has 0 atom stereocenters. The molecule has 7 heteroatoms. The molecule has 0 unspecified atom stereocenters. The molecule has 1 heterocycles. The van der Waals surface area contributed by atoms with Crippen molar-refractivity contribution in [3.63, 3.8) is 0 Å². The van der Waals surface area contributed by atoms with Crippen molar-refractivity contribution < 1.29 is 14.6 Å². The summed E-state index contributed by atoms with van der Waals surface area (Å²) in [5.74, 6) is -1.32. The molecule has 0 aliphatic carbocycles. The number of esters is 1. The van der Waals surface area contributed by atoms with Crippen LogP contribution in [-0.2, 0) is 11.8 Å². The number of aryl methyl sites for hydroxylation is 1. The predicted octanol–water partition coefficient (Wildman–Crippen LogP) is 2.01. The lowest BCUT2D eigenvalue weighted by Gasteiger charge is -2.11.